The largest absolute Gasteiger partial charge is 0.354 e. The Balaban J connectivity index is 1.32. The van der Waals surface area contributed by atoms with Gasteiger partial charge in [0.05, 0.1) is 11.2 Å². The Morgan fingerprint density at radius 2 is 1.20 bits per heavy atom. The lowest BCUT2D eigenvalue weighted by Gasteiger charge is -2.46. The van der Waals surface area contributed by atoms with Gasteiger partial charge < -0.3 is 14.8 Å². The van der Waals surface area contributed by atoms with Crippen LogP contribution >= 0.6 is 0 Å². The molecule has 8 aromatic rings. The van der Waals surface area contributed by atoms with Crippen molar-refractivity contribution in [3.63, 3.8) is 0 Å². The molecule has 0 fully saturated rings. The topological polar surface area (TPSA) is 22.3 Å². The van der Waals surface area contributed by atoms with Gasteiger partial charge in [-0.05, 0) is 70.7 Å². The molecule has 1 radical (unpaired) electrons. The fraction of sp³-hybridized carbons (Fsp3) is 0.0667. The van der Waals surface area contributed by atoms with Crippen molar-refractivity contribution in [3.05, 3.63) is 169 Å². The molecule has 0 saturated heterocycles. The molecule has 0 aliphatic carbocycles. The molecule has 7 aromatic carbocycles. The molecule has 0 saturated carbocycles. The highest BCUT2D eigenvalue weighted by Crippen LogP contribution is 2.53. The minimum absolute atomic E-state index is 0.139. The van der Waals surface area contributed by atoms with E-state index < -0.39 is 0 Å². The van der Waals surface area contributed by atoms with E-state index >= 15 is 0 Å². The van der Waals surface area contributed by atoms with E-state index in [1.165, 1.54) is 61.0 Å². The molecule has 2 aliphatic rings. The van der Waals surface area contributed by atoms with E-state index in [0.717, 1.165) is 28.1 Å². The minimum Gasteiger partial charge on any atom is -0.354 e. The maximum atomic E-state index is 3.81. The Labute approximate surface area is 287 Å². The Morgan fingerprint density at radius 1 is 0.551 bits per heavy atom. The molecule has 0 unspecified atom stereocenters. The van der Waals surface area contributed by atoms with Crippen molar-refractivity contribution in [2.45, 2.75) is 19.3 Å². The molecular weight excluding hydrogens is 593 g/mol. The van der Waals surface area contributed by atoms with Gasteiger partial charge in [-0.2, -0.15) is 0 Å². The van der Waals surface area contributed by atoms with E-state index in [1.54, 1.807) is 0 Å². The fourth-order valence-electron chi connectivity index (χ4n) is 8.31. The highest BCUT2D eigenvalue weighted by Gasteiger charge is 2.41. The van der Waals surface area contributed by atoms with Gasteiger partial charge in [-0.15, -0.1) is 0 Å². The second kappa shape index (κ2) is 10.5. The molecule has 2 aliphatic heterocycles. The van der Waals surface area contributed by atoms with Crippen LogP contribution in [0.5, 0.6) is 0 Å². The predicted octanol–water partition coefficient (Wildman–Crippen LogP) is 10.5. The van der Waals surface area contributed by atoms with Gasteiger partial charge in [0.2, 0.25) is 0 Å². The summed E-state index contributed by atoms with van der Waals surface area (Å²) < 4.78 is 0. The number of anilines is 6. The monoisotopic (exact) mass is 626 g/mol. The van der Waals surface area contributed by atoms with Crippen molar-refractivity contribution in [1.82, 2.24) is 4.98 Å². The summed E-state index contributed by atoms with van der Waals surface area (Å²) in [5.41, 5.74) is 16.7. The number of hydrogen-bond donors (Lipinski definition) is 1. The van der Waals surface area contributed by atoms with Gasteiger partial charge in [0.1, 0.15) is 0 Å². The molecule has 0 spiro atoms. The Kier molecular flexibility index (Phi) is 6.01. The molecule has 10 rings (SSSR count). The van der Waals surface area contributed by atoms with Crippen LogP contribution in [0.15, 0.2) is 158 Å². The van der Waals surface area contributed by atoms with Crippen LogP contribution in [-0.2, 0) is 5.41 Å². The predicted molar refractivity (Wildman–Crippen MR) is 208 cm³/mol. The number of nitrogens with one attached hydrogen (secondary N) is 1. The maximum absolute atomic E-state index is 3.81. The number of fused-ring (bicyclic) bond motifs is 7. The number of aromatic nitrogens is 1. The van der Waals surface area contributed by atoms with Crippen LogP contribution in [0.2, 0.25) is 0 Å². The fourth-order valence-corrected chi connectivity index (χ4v) is 8.31. The lowest BCUT2D eigenvalue weighted by Crippen LogP contribution is -2.45. The van der Waals surface area contributed by atoms with Crippen molar-refractivity contribution >= 4 is 74.1 Å². The normalized spacial score (nSPS) is 13.8. The number of para-hydroxylation sites is 6. The van der Waals surface area contributed by atoms with Gasteiger partial charge in [0, 0.05) is 55.7 Å². The summed E-state index contributed by atoms with van der Waals surface area (Å²) in [4.78, 5) is 8.73. The molecule has 1 N–H and O–H groups in total. The number of rotatable bonds is 4. The van der Waals surface area contributed by atoms with E-state index in [-0.39, 0.29) is 5.41 Å². The molecule has 4 heteroatoms. The van der Waals surface area contributed by atoms with Gasteiger partial charge in [0.15, 0.2) is 7.28 Å². The zero-order chi connectivity index (χ0) is 32.7. The van der Waals surface area contributed by atoms with E-state index in [0.29, 0.717) is 0 Å². The summed E-state index contributed by atoms with van der Waals surface area (Å²) in [7, 11) is 2.42. The molecule has 0 bridgehead atoms. The average Bonchev–Trinajstić information content (AvgIpc) is 3.53. The lowest BCUT2D eigenvalue weighted by molar-refractivity contribution is 0.632. The van der Waals surface area contributed by atoms with Crippen LogP contribution in [0, 0.1) is 0 Å². The first-order valence-corrected chi connectivity index (χ1v) is 17.0. The van der Waals surface area contributed by atoms with Gasteiger partial charge in [-0.3, -0.25) is 0 Å². The molecule has 0 atom stereocenters. The third-order valence-corrected chi connectivity index (χ3v) is 10.6. The minimum atomic E-state index is -0.139. The van der Waals surface area contributed by atoms with E-state index in [1.807, 2.05) is 0 Å². The number of H-pyrrole nitrogens is 1. The standard InChI is InChI=1S/C45H33BN3/c1-45(2)36-22-10-12-26-40(36)49-41-28-31(48(29-15-5-3-6-16-29)30-17-7-4-8-18-30)27-35(42(41)46-38-24-14-23-37(45)44(38)49)34-21-13-20-33-32-19-9-11-25-39(32)47-43(33)34/h3-28,47H,1-2H3. The highest BCUT2D eigenvalue weighted by molar-refractivity contribution is 6.73. The number of benzene rings is 7. The van der Waals surface area contributed by atoms with Gasteiger partial charge in [-0.25, -0.2) is 0 Å². The van der Waals surface area contributed by atoms with Crippen LogP contribution in [0.3, 0.4) is 0 Å². The molecular formula is C45H33BN3. The first-order chi connectivity index (χ1) is 24.1. The van der Waals surface area contributed by atoms with Crippen LogP contribution in [0.25, 0.3) is 32.9 Å². The van der Waals surface area contributed by atoms with Gasteiger partial charge >= 0.3 is 0 Å². The zero-order valence-electron chi connectivity index (χ0n) is 27.5. The smallest absolute Gasteiger partial charge is 0.197 e. The molecule has 1 aromatic heterocycles. The molecule has 3 nitrogen and oxygen atoms in total. The maximum Gasteiger partial charge on any atom is 0.197 e. The van der Waals surface area contributed by atoms with E-state index in [4.69, 9.17) is 0 Å². The van der Waals surface area contributed by atoms with Crippen LogP contribution in [0.4, 0.5) is 34.1 Å². The second-order valence-corrected chi connectivity index (χ2v) is 13.7. The third-order valence-electron chi connectivity index (χ3n) is 10.6. The highest BCUT2D eigenvalue weighted by atomic mass is 15.2. The van der Waals surface area contributed by atoms with Crippen molar-refractivity contribution in [1.29, 1.82) is 0 Å². The first kappa shape index (κ1) is 28.1. The number of hydrogen-bond acceptors (Lipinski definition) is 2. The number of nitrogens with zero attached hydrogens (tertiary/aromatic N) is 2. The zero-order valence-corrected chi connectivity index (χ0v) is 27.5. The first-order valence-electron chi connectivity index (χ1n) is 17.0. The van der Waals surface area contributed by atoms with E-state index in [9.17, 15) is 0 Å². The third kappa shape index (κ3) is 4.10. The SMILES string of the molecule is CC1(C)c2ccccc2N2c3cc(N(c4ccccc4)c4ccccc4)cc(-c4cccc5c4[nH]c4ccccc45)c3[B]c3cccc1c32. The summed E-state index contributed by atoms with van der Waals surface area (Å²) in [6.45, 7) is 4.72. The summed E-state index contributed by atoms with van der Waals surface area (Å²) in [6.07, 6.45) is 0. The molecule has 3 heterocycles. The lowest BCUT2D eigenvalue weighted by atomic mass is 9.56. The van der Waals surface area contributed by atoms with E-state index in [2.05, 4.69) is 194 Å². The summed E-state index contributed by atoms with van der Waals surface area (Å²) >= 11 is 0. The van der Waals surface area contributed by atoms with Crippen molar-refractivity contribution in [3.8, 4) is 11.1 Å². The summed E-state index contributed by atoms with van der Waals surface area (Å²) in [5, 5.41) is 2.48. The molecule has 0 amide bonds. The van der Waals surface area contributed by atoms with Crippen molar-refractivity contribution in [2.75, 3.05) is 9.80 Å². The second-order valence-electron chi connectivity index (χ2n) is 13.7. The quantitative estimate of drug-likeness (QED) is 0.196. The van der Waals surface area contributed by atoms with Crippen molar-refractivity contribution in [2.24, 2.45) is 0 Å². The van der Waals surface area contributed by atoms with Crippen LogP contribution in [-0.4, -0.2) is 12.3 Å². The molecule has 49 heavy (non-hydrogen) atoms. The summed E-state index contributed by atoms with van der Waals surface area (Å²) in [5.74, 6) is 0. The molecule has 231 valence electrons. The Hall–Kier alpha value is -6.00. The number of aromatic amines is 1. The summed E-state index contributed by atoms with van der Waals surface area (Å²) in [6, 6.07) is 57.3. The van der Waals surface area contributed by atoms with Gasteiger partial charge in [-0.1, -0.05) is 129 Å². The van der Waals surface area contributed by atoms with Crippen LogP contribution < -0.4 is 20.7 Å². The van der Waals surface area contributed by atoms with Gasteiger partial charge in [0.25, 0.3) is 0 Å². The van der Waals surface area contributed by atoms with Crippen molar-refractivity contribution < 1.29 is 0 Å². The van der Waals surface area contributed by atoms with Crippen LogP contribution in [0.1, 0.15) is 25.0 Å². The Morgan fingerprint density at radius 3 is 2.00 bits per heavy atom. The Bertz CT molecular complexity index is 2530. The average molecular weight is 627 g/mol.